The zero-order valence-electron chi connectivity index (χ0n) is 12.6. The molecule has 22 heavy (non-hydrogen) atoms. The zero-order chi connectivity index (χ0) is 15.9. The minimum Gasteiger partial charge on any atom is -0.493 e. The van der Waals surface area contributed by atoms with Crippen LogP contribution < -0.4 is 9.47 Å². The van der Waals surface area contributed by atoms with Gasteiger partial charge in [0.25, 0.3) is 0 Å². The molecule has 0 radical (unpaired) electrons. The molecule has 0 spiro atoms. The van der Waals surface area contributed by atoms with Gasteiger partial charge in [0.1, 0.15) is 0 Å². The maximum atomic E-state index is 10.6. The van der Waals surface area contributed by atoms with Gasteiger partial charge >= 0.3 is 5.97 Å². The molecular formula is C15H19N3O4. The number of aromatic amines is 1. The molecule has 0 aliphatic carbocycles. The van der Waals surface area contributed by atoms with Crippen molar-refractivity contribution in [3.8, 4) is 11.5 Å². The number of nitrogens with one attached hydrogen (secondary N) is 1. The molecule has 0 aliphatic heterocycles. The lowest BCUT2D eigenvalue weighted by molar-refractivity contribution is -0.139. The van der Waals surface area contributed by atoms with Crippen LogP contribution >= 0.6 is 0 Å². The molecular weight excluding hydrogens is 286 g/mol. The van der Waals surface area contributed by atoms with Gasteiger partial charge in [-0.1, -0.05) is 6.07 Å². The van der Waals surface area contributed by atoms with E-state index in [2.05, 4.69) is 15.1 Å². The highest BCUT2D eigenvalue weighted by Crippen LogP contribution is 2.28. The van der Waals surface area contributed by atoms with Gasteiger partial charge in [-0.05, 0) is 30.8 Å². The number of nitrogens with zero attached hydrogens (tertiary/aromatic N) is 2. The largest absolute Gasteiger partial charge is 0.493 e. The third-order valence-corrected chi connectivity index (χ3v) is 3.03. The molecule has 2 rings (SSSR count). The highest BCUT2D eigenvalue weighted by molar-refractivity contribution is 5.68. The van der Waals surface area contributed by atoms with Gasteiger partial charge in [-0.15, -0.1) is 0 Å². The third-order valence-electron chi connectivity index (χ3n) is 3.03. The summed E-state index contributed by atoms with van der Waals surface area (Å²) in [7, 11) is 3.51. The van der Waals surface area contributed by atoms with Crippen LogP contribution in [0.3, 0.4) is 0 Å². The Labute approximate surface area is 128 Å². The summed E-state index contributed by atoms with van der Waals surface area (Å²) in [4.78, 5) is 12.7. The van der Waals surface area contributed by atoms with Gasteiger partial charge in [0.05, 0.1) is 7.11 Å². The maximum Gasteiger partial charge on any atom is 0.341 e. The molecule has 0 unspecified atom stereocenters. The Kier molecular flexibility index (Phi) is 5.37. The van der Waals surface area contributed by atoms with Crippen LogP contribution in [0.1, 0.15) is 11.3 Å². The van der Waals surface area contributed by atoms with Crippen molar-refractivity contribution in [2.24, 2.45) is 0 Å². The molecule has 2 aromatic rings. The van der Waals surface area contributed by atoms with Gasteiger partial charge < -0.3 is 14.6 Å². The number of carboxylic acid groups (broad SMARTS) is 1. The smallest absolute Gasteiger partial charge is 0.341 e. The number of rotatable bonds is 8. The summed E-state index contributed by atoms with van der Waals surface area (Å²) in [5, 5.41) is 15.5. The number of hydrogen-bond acceptors (Lipinski definition) is 5. The van der Waals surface area contributed by atoms with E-state index < -0.39 is 12.6 Å². The molecule has 1 aromatic heterocycles. The van der Waals surface area contributed by atoms with Crippen molar-refractivity contribution in [1.29, 1.82) is 0 Å². The fraction of sp³-hybridized carbons (Fsp3) is 0.333. The summed E-state index contributed by atoms with van der Waals surface area (Å²) in [5.41, 5.74) is 2.03. The van der Waals surface area contributed by atoms with Gasteiger partial charge in [-0.2, -0.15) is 5.10 Å². The van der Waals surface area contributed by atoms with E-state index in [1.807, 2.05) is 19.2 Å². The van der Waals surface area contributed by atoms with Crippen LogP contribution in [0.15, 0.2) is 30.5 Å². The van der Waals surface area contributed by atoms with Crippen molar-refractivity contribution in [2.45, 2.75) is 13.1 Å². The van der Waals surface area contributed by atoms with Crippen LogP contribution in [0.4, 0.5) is 0 Å². The van der Waals surface area contributed by atoms with E-state index in [0.717, 1.165) is 17.8 Å². The van der Waals surface area contributed by atoms with E-state index in [-0.39, 0.29) is 0 Å². The van der Waals surface area contributed by atoms with Crippen molar-refractivity contribution >= 4 is 5.97 Å². The van der Waals surface area contributed by atoms with Crippen molar-refractivity contribution in [2.75, 3.05) is 20.8 Å². The summed E-state index contributed by atoms with van der Waals surface area (Å²) in [6.07, 6.45) is 1.72. The van der Waals surface area contributed by atoms with E-state index in [4.69, 9.17) is 14.6 Å². The van der Waals surface area contributed by atoms with Gasteiger partial charge in [0.2, 0.25) is 0 Å². The minimum atomic E-state index is -1.02. The number of methoxy groups -OCH3 is 1. The molecule has 118 valence electrons. The van der Waals surface area contributed by atoms with Crippen LogP contribution in [0.25, 0.3) is 0 Å². The van der Waals surface area contributed by atoms with E-state index in [0.29, 0.717) is 18.0 Å². The number of carbonyl (C=O) groups is 1. The first-order chi connectivity index (χ1) is 10.6. The number of aliphatic carboxylic acids is 1. The van der Waals surface area contributed by atoms with Crippen molar-refractivity contribution in [3.05, 3.63) is 41.7 Å². The summed E-state index contributed by atoms with van der Waals surface area (Å²) in [5.74, 6) is -0.0811. The number of hydrogen-bond donors (Lipinski definition) is 2. The fourth-order valence-corrected chi connectivity index (χ4v) is 2.10. The number of benzene rings is 1. The quantitative estimate of drug-likeness (QED) is 0.768. The van der Waals surface area contributed by atoms with Crippen molar-refractivity contribution in [3.63, 3.8) is 0 Å². The predicted octanol–water partition coefficient (Wildman–Crippen LogP) is 1.51. The molecule has 0 saturated carbocycles. The molecule has 7 heteroatoms. The zero-order valence-corrected chi connectivity index (χ0v) is 12.6. The second kappa shape index (κ2) is 7.46. The highest BCUT2D eigenvalue weighted by atomic mass is 16.5. The number of aromatic nitrogens is 2. The monoisotopic (exact) mass is 305 g/mol. The normalized spacial score (nSPS) is 10.7. The lowest BCUT2D eigenvalue weighted by atomic mass is 10.2. The average Bonchev–Trinajstić information content (AvgIpc) is 2.98. The van der Waals surface area contributed by atoms with Crippen LogP contribution in [-0.2, 0) is 17.9 Å². The standard InChI is InChI=1S/C15H19N3O4/c1-18(9-12-5-6-16-17-12)8-11-3-4-13(21-2)14(7-11)22-10-15(19)20/h3-7H,8-10H2,1-2H3,(H,16,17)(H,19,20). The molecule has 0 amide bonds. The van der Waals surface area contributed by atoms with Crippen LogP contribution in [-0.4, -0.2) is 46.9 Å². The average molecular weight is 305 g/mol. The number of ether oxygens (including phenoxy) is 2. The first-order valence-electron chi connectivity index (χ1n) is 6.77. The van der Waals surface area contributed by atoms with Crippen molar-refractivity contribution < 1.29 is 19.4 Å². The molecule has 0 bridgehead atoms. The SMILES string of the molecule is COc1ccc(CN(C)Cc2ccn[nH]2)cc1OCC(=O)O. The molecule has 0 saturated heterocycles. The lowest BCUT2D eigenvalue weighted by Crippen LogP contribution is -2.17. The van der Waals surface area contributed by atoms with E-state index in [1.165, 1.54) is 7.11 Å². The Morgan fingerprint density at radius 2 is 2.14 bits per heavy atom. The van der Waals surface area contributed by atoms with Crippen molar-refractivity contribution in [1.82, 2.24) is 15.1 Å². The Bertz CT molecular complexity index is 613. The summed E-state index contributed by atoms with van der Waals surface area (Å²) >= 11 is 0. The molecule has 1 aromatic carbocycles. The lowest BCUT2D eigenvalue weighted by Gasteiger charge is -2.17. The van der Waals surface area contributed by atoms with E-state index in [9.17, 15) is 4.79 Å². The van der Waals surface area contributed by atoms with E-state index in [1.54, 1.807) is 18.3 Å². The fourth-order valence-electron chi connectivity index (χ4n) is 2.10. The molecule has 2 N–H and O–H groups in total. The van der Waals surface area contributed by atoms with Crippen LogP contribution in [0.2, 0.25) is 0 Å². The third kappa shape index (κ3) is 4.49. The van der Waals surface area contributed by atoms with Gasteiger partial charge in [-0.3, -0.25) is 10.00 Å². The molecule has 0 atom stereocenters. The maximum absolute atomic E-state index is 10.6. The first-order valence-corrected chi connectivity index (χ1v) is 6.77. The molecule has 0 fully saturated rings. The Hall–Kier alpha value is -2.54. The topological polar surface area (TPSA) is 87.7 Å². The van der Waals surface area contributed by atoms with Gasteiger partial charge in [-0.25, -0.2) is 4.79 Å². The summed E-state index contributed by atoms with van der Waals surface area (Å²) in [6, 6.07) is 7.42. The van der Waals surface area contributed by atoms with Gasteiger partial charge in [0.15, 0.2) is 18.1 Å². The second-order valence-electron chi connectivity index (χ2n) is 4.92. The Morgan fingerprint density at radius 1 is 1.32 bits per heavy atom. The molecule has 0 aliphatic rings. The number of carboxylic acids is 1. The van der Waals surface area contributed by atoms with E-state index >= 15 is 0 Å². The second-order valence-corrected chi connectivity index (χ2v) is 4.92. The summed E-state index contributed by atoms with van der Waals surface area (Å²) < 4.78 is 10.4. The minimum absolute atomic E-state index is 0.399. The number of H-pyrrole nitrogens is 1. The molecule has 7 nitrogen and oxygen atoms in total. The highest BCUT2D eigenvalue weighted by Gasteiger charge is 2.10. The van der Waals surface area contributed by atoms with Gasteiger partial charge in [0, 0.05) is 25.0 Å². The Morgan fingerprint density at radius 3 is 2.77 bits per heavy atom. The first kappa shape index (κ1) is 15.8. The Balaban J connectivity index is 2.03. The van der Waals surface area contributed by atoms with Crippen LogP contribution in [0.5, 0.6) is 11.5 Å². The predicted molar refractivity (Wildman–Crippen MR) is 79.9 cm³/mol. The summed E-state index contributed by atoms with van der Waals surface area (Å²) in [6.45, 7) is 1.02. The molecule has 1 heterocycles. The van der Waals surface area contributed by atoms with Crippen LogP contribution in [0, 0.1) is 0 Å².